The molecule has 1 aromatic heterocycles. The maximum Gasteiger partial charge on any atom is 0.293 e. The summed E-state index contributed by atoms with van der Waals surface area (Å²) in [5, 5.41) is 12.2. The predicted molar refractivity (Wildman–Crippen MR) is 46.5 cm³/mol. The smallest absolute Gasteiger partial charge is 0.293 e. The van der Waals surface area contributed by atoms with Crippen LogP contribution in [0, 0.1) is 18.3 Å². The largest absolute Gasteiger partial charge is 0.618 e. The zero-order valence-electron chi connectivity index (χ0n) is 6.74. The molecule has 0 saturated heterocycles. The molecule has 2 nitrogen and oxygen atoms in total. The summed E-state index contributed by atoms with van der Waals surface area (Å²) in [5.41, 5.74) is 1.53. The van der Waals surface area contributed by atoms with E-state index < -0.39 is 0 Å². The lowest BCUT2D eigenvalue weighted by molar-refractivity contribution is -0.581. The van der Waals surface area contributed by atoms with Gasteiger partial charge in [0.25, 0.3) is 6.20 Å². The second-order valence-electron chi connectivity index (χ2n) is 2.79. The molecule has 2 rings (SSSR count). The van der Waals surface area contributed by atoms with Gasteiger partial charge in [-0.15, -0.1) is 0 Å². The van der Waals surface area contributed by atoms with Crippen LogP contribution in [0.1, 0.15) is 5.56 Å². The van der Waals surface area contributed by atoms with E-state index in [9.17, 15) is 5.21 Å². The Morgan fingerprint density at radius 2 is 2.08 bits per heavy atom. The standard InChI is InChI=1S/C10H8NO/c1-8-6-9-4-2-3-5-10(9)11(12)7-8/h2-6H,1H3. The third kappa shape index (κ3) is 1.01. The van der Waals surface area contributed by atoms with Crippen molar-refractivity contribution in [1.82, 2.24) is 0 Å². The first-order valence-electron chi connectivity index (χ1n) is 3.78. The molecule has 1 heterocycles. The Balaban J connectivity index is 2.89. The summed E-state index contributed by atoms with van der Waals surface area (Å²) in [7, 11) is 0. The molecule has 2 aromatic rings. The number of benzene rings is 1. The first-order chi connectivity index (χ1) is 5.77. The van der Waals surface area contributed by atoms with Crippen LogP contribution in [0.3, 0.4) is 0 Å². The third-order valence-electron chi connectivity index (χ3n) is 1.81. The molecule has 1 aromatic carbocycles. The van der Waals surface area contributed by atoms with Gasteiger partial charge in [-0.2, -0.15) is 4.73 Å². The van der Waals surface area contributed by atoms with Crippen LogP contribution < -0.4 is 4.73 Å². The number of pyridine rings is 1. The molecule has 0 atom stereocenters. The molecule has 2 heteroatoms. The van der Waals surface area contributed by atoms with Crippen LogP contribution in [0.5, 0.6) is 0 Å². The molecule has 1 radical (unpaired) electrons. The van der Waals surface area contributed by atoms with E-state index >= 15 is 0 Å². The molecule has 0 N–H and O–H groups in total. The Hall–Kier alpha value is -1.57. The van der Waals surface area contributed by atoms with Crippen molar-refractivity contribution in [2.24, 2.45) is 0 Å². The van der Waals surface area contributed by atoms with Gasteiger partial charge in [0, 0.05) is 17.0 Å². The van der Waals surface area contributed by atoms with E-state index in [0.717, 1.165) is 15.7 Å². The number of para-hydroxylation sites is 1. The van der Waals surface area contributed by atoms with E-state index in [0.29, 0.717) is 5.52 Å². The monoisotopic (exact) mass is 158 g/mol. The zero-order valence-corrected chi connectivity index (χ0v) is 6.74. The van der Waals surface area contributed by atoms with Gasteiger partial charge in [0.1, 0.15) is 0 Å². The Morgan fingerprint density at radius 1 is 1.33 bits per heavy atom. The van der Waals surface area contributed by atoms with Crippen LogP contribution in [0.2, 0.25) is 0 Å². The Kier molecular flexibility index (Phi) is 1.47. The SMILES string of the molecule is Cc1[c][n+]([O-])c2ccccc2c1. The van der Waals surface area contributed by atoms with E-state index in [1.165, 1.54) is 0 Å². The number of aryl methyl sites for hydroxylation is 1. The Bertz CT molecular complexity index is 423. The highest BCUT2D eigenvalue weighted by molar-refractivity contribution is 5.75. The minimum Gasteiger partial charge on any atom is -0.618 e. The van der Waals surface area contributed by atoms with E-state index in [4.69, 9.17) is 0 Å². The van der Waals surface area contributed by atoms with Gasteiger partial charge in [0.2, 0.25) is 5.52 Å². The summed E-state index contributed by atoms with van der Waals surface area (Å²) in [5.74, 6) is 0. The van der Waals surface area contributed by atoms with Gasteiger partial charge in [-0.3, -0.25) is 0 Å². The maximum absolute atomic E-state index is 11.3. The summed E-state index contributed by atoms with van der Waals surface area (Å²) < 4.78 is 0.782. The second kappa shape index (κ2) is 2.48. The molecular formula is C10H8NO. The normalized spacial score (nSPS) is 10.4. The van der Waals surface area contributed by atoms with Crippen molar-refractivity contribution in [2.75, 3.05) is 0 Å². The molecule has 0 aliphatic heterocycles. The first-order valence-corrected chi connectivity index (χ1v) is 3.78. The van der Waals surface area contributed by atoms with Gasteiger partial charge in [-0.25, -0.2) is 0 Å². The first kappa shape index (κ1) is 7.10. The van der Waals surface area contributed by atoms with Gasteiger partial charge >= 0.3 is 0 Å². The van der Waals surface area contributed by atoms with Crippen LogP contribution in [-0.2, 0) is 0 Å². The van der Waals surface area contributed by atoms with E-state index in [1.807, 2.05) is 31.2 Å². The molecule has 12 heavy (non-hydrogen) atoms. The Morgan fingerprint density at radius 3 is 2.92 bits per heavy atom. The minimum absolute atomic E-state index is 0.670. The van der Waals surface area contributed by atoms with Crippen LogP contribution >= 0.6 is 0 Å². The second-order valence-corrected chi connectivity index (χ2v) is 2.79. The molecule has 0 aliphatic rings. The fraction of sp³-hybridized carbons (Fsp3) is 0.100. The molecule has 0 amide bonds. The topological polar surface area (TPSA) is 26.9 Å². The van der Waals surface area contributed by atoms with Crippen molar-refractivity contribution in [3.63, 3.8) is 0 Å². The van der Waals surface area contributed by atoms with E-state index in [1.54, 1.807) is 6.07 Å². The van der Waals surface area contributed by atoms with Crippen molar-refractivity contribution in [3.8, 4) is 0 Å². The van der Waals surface area contributed by atoms with Gasteiger partial charge in [-0.1, -0.05) is 12.1 Å². The van der Waals surface area contributed by atoms with Crippen molar-refractivity contribution in [1.29, 1.82) is 0 Å². The average molecular weight is 158 g/mol. The number of hydrogen-bond acceptors (Lipinski definition) is 1. The minimum atomic E-state index is 0.670. The lowest BCUT2D eigenvalue weighted by Crippen LogP contribution is -2.27. The molecule has 0 spiro atoms. The highest BCUT2D eigenvalue weighted by Gasteiger charge is 2.03. The Labute approximate surface area is 70.7 Å². The quantitative estimate of drug-likeness (QED) is 0.422. The summed E-state index contributed by atoms with van der Waals surface area (Å²) in [6.45, 7) is 1.86. The van der Waals surface area contributed by atoms with Crippen molar-refractivity contribution < 1.29 is 4.73 Å². The molecule has 0 saturated carbocycles. The van der Waals surface area contributed by atoms with Gasteiger partial charge < -0.3 is 5.21 Å². The molecule has 0 aliphatic carbocycles. The summed E-state index contributed by atoms with van der Waals surface area (Å²) in [4.78, 5) is 0. The molecule has 0 fully saturated rings. The summed E-state index contributed by atoms with van der Waals surface area (Å²) in [6, 6.07) is 9.42. The number of rotatable bonds is 0. The highest BCUT2D eigenvalue weighted by Crippen LogP contribution is 2.09. The molecule has 0 unspecified atom stereocenters. The van der Waals surface area contributed by atoms with Crippen LogP contribution in [0.15, 0.2) is 30.3 Å². The fourth-order valence-electron chi connectivity index (χ4n) is 1.28. The van der Waals surface area contributed by atoms with Crippen molar-refractivity contribution in [3.05, 3.63) is 47.3 Å². The zero-order chi connectivity index (χ0) is 8.55. The molecular weight excluding hydrogens is 150 g/mol. The van der Waals surface area contributed by atoms with Crippen molar-refractivity contribution >= 4 is 10.9 Å². The van der Waals surface area contributed by atoms with Gasteiger partial charge in [0.05, 0.1) is 0 Å². The molecule has 0 bridgehead atoms. The third-order valence-corrected chi connectivity index (χ3v) is 1.81. The lowest BCUT2D eigenvalue weighted by atomic mass is 10.2. The van der Waals surface area contributed by atoms with Crippen LogP contribution in [0.4, 0.5) is 0 Å². The van der Waals surface area contributed by atoms with Crippen LogP contribution in [0.25, 0.3) is 10.9 Å². The summed E-state index contributed by atoms with van der Waals surface area (Å²) in [6.07, 6.45) is 2.67. The van der Waals surface area contributed by atoms with Gasteiger partial charge in [0.15, 0.2) is 0 Å². The fourth-order valence-corrected chi connectivity index (χ4v) is 1.28. The molecule has 59 valence electrons. The van der Waals surface area contributed by atoms with E-state index in [-0.39, 0.29) is 0 Å². The maximum atomic E-state index is 11.3. The number of nitrogens with zero attached hydrogens (tertiary/aromatic N) is 1. The summed E-state index contributed by atoms with van der Waals surface area (Å²) >= 11 is 0. The number of aromatic nitrogens is 1. The highest BCUT2D eigenvalue weighted by atomic mass is 16.5. The van der Waals surface area contributed by atoms with E-state index in [2.05, 4.69) is 6.20 Å². The van der Waals surface area contributed by atoms with Crippen LogP contribution in [-0.4, -0.2) is 0 Å². The average Bonchev–Trinajstić information content (AvgIpc) is 2.04. The lowest BCUT2D eigenvalue weighted by Gasteiger charge is -2.00. The van der Waals surface area contributed by atoms with Crippen molar-refractivity contribution in [2.45, 2.75) is 6.92 Å². The number of hydrogen-bond donors (Lipinski definition) is 0. The van der Waals surface area contributed by atoms with Gasteiger partial charge in [-0.05, 0) is 19.1 Å². The number of fused-ring (bicyclic) bond motifs is 1. The predicted octanol–water partition coefficient (Wildman–Crippen LogP) is 1.58.